The van der Waals surface area contributed by atoms with Crippen molar-refractivity contribution in [2.75, 3.05) is 6.79 Å². The minimum atomic E-state index is -0.226. The van der Waals surface area contributed by atoms with E-state index in [0.717, 1.165) is 24.3 Å². The standard InChI is InChI=1S/C15H16O4/c1-10(16)19-13-5-2-11(3-6-13)12-4-7-14-15(8-12)18-9-17-14/h2,4-5,7-8,11,13H,3,6,9H2,1H3/t11-,13-/m0/s1. The van der Waals surface area contributed by atoms with Crippen LogP contribution in [0.15, 0.2) is 30.4 Å². The van der Waals surface area contributed by atoms with E-state index in [0.29, 0.717) is 12.7 Å². The molecule has 1 heterocycles. The highest BCUT2D eigenvalue weighted by atomic mass is 16.7. The fourth-order valence-electron chi connectivity index (χ4n) is 2.53. The lowest BCUT2D eigenvalue weighted by molar-refractivity contribution is -0.144. The molecule has 2 aliphatic rings. The maximum absolute atomic E-state index is 10.9. The van der Waals surface area contributed by atoms with Crippen LogP contribution < -0.4 is 9.47 Å². The molecule has 0 saturated heterocycles. The highest BCUT2D eigenvalue weighted by molar-refractivity contribution is 5.66. The summed E-state index contributed by atoms with van der Waals surface area (Å²) < 4.78 is 15.9. The first-order chi connectivity index (χ1) is 9.22. The Morgan fingerprint density at radius 3 is 2.79 bits per heavy atom. The van der Waals surface area contributed by atoms with Gasteiger partial charge in [0.1, 0.15) is 6.10 Å². The normalized spacial score (nSPS) is 24.3. The molecule has 1 aromatic rings. The number of fused-ring (bicyclic) bond motifs is 1. The number of hydrogen-bond donors (Lipinski definition) is 0. The maximum atomic E-state index is 10.9. The monoisotopic (exact) mass is 260 g/mol. The molecule has 0 unspecified atom stereocenters. The van der Waals surface area contributed by atoms with Crippen molar-refractivity contribution in [1.29, 1.82) is 0 Å². The molecule has 0 bridgehead atoms. The van der Waals surface area contributed by atoms with Crippen LogP contribution in [0.5, 0.6) is 11.5 Å². The third kappa shape index (κ3) is 2.57. The van der Waals surface area contributed by atoms with Gasteiger partial charge in [0.15, 0.2) is 11.5 Å². The summed E-state index contributed by atoms with van der Waals surface area (Å²) in [6, 6.07) is 6.04. The van der Waals surface area contributed by atoms with Gasteiger partial charge in [0, 0.05) is 12.8 Å². The summed E-state index contributed by atoms with van der Waals surface area (Å²) in [6.07, 6.45) is 5.82. The third-order valence-corrected chi connectivity index (χ3v) is 3.46. The number of allylic oxidation sites excluding steroid dienone is 1. The molecule has 3 rings (SSSR count). The molecular formula is C15H16O4. The van der Waals surface area contributed by atoms with E-state index in [1.54, 1.807) is 0 Å². The van der Waals surface area contributed by atoms with Crippen molar-refractivity contribution in [3.05, 3.63) is 35.9 Å². The van der Waals surface area contributed by atoms with Gasteiger partial charge in [-0.2, -0.15) is 0 Å². The average molecular weight is 260 g/mol. The lowest BCUT2D eigenvalue weighted by Crippen LogP contribution is -2.18. The van der Waals surface area contributed by atoms with Gasteiger partial charge in [0.05, 0.1) is 0 Å². The fourth-order valence-corrected chi connectivity index (χ4v) is 2.53. The third-order valence-electron chi connectivity index (χ3n) is 3.46. The van der Waals surface area contributed by atoms with E-state index in [1.165, 1.54) is 12.5 Å². The Morgan fingerprint density at radius 1 is 1.21 bits per heavy atom. The molecule has 0 amide bonds. The molecule has 19 heavy (non-hydrogen) atoms. The van der Waals surface area contributed by atoms with E-state index >= 15 is 0 Å². The predicted molar refractivity (Wildman–Crippen MR) is 69.2 cm³/mol. The average Bonchev–Trinajstić information content (AvgIpc) is 2.86. The number of ether oxygens (including phenoxy) is 3. The summed E-state index contributed by atoms with van der Waals surface area (Å²) in [5, 5.41) is 0. The van der Waals surface area contributed by atoms with Crippen molar-refractivity contribution >= 4 is 5.97 Å². The van der Waals surface area contributed by atoms with Gasteiger partial charge in [-0.15, -0.1) is 0 Å². The van der Waals surface area contributed by atoms with Crippen molar-refractivity contribution in [2.24, 2.45) is 0 Å². The topological polar surface area (TPSA) is 44.8 Å². The van der Waals surface area contributed by atoms with Crippen LogP contribution in [0.4, 0.5) is 0 Å². The SMILES string of the molecule is CC(=O)O[C@H]1C=C[C@H](c2ccc3c(c2)OCO3)CC1. The van der Waals surface area contributed by atoms with Crippen LogP contribution in [-0.4, -0.2) is 18.9 Å². The summed E-state index contributed by atoms with van der Waals surface area (Å²) in [5.41, 5.74) is 1.21. The van der Waals surface area contributed by atoms with Gasteiger partial charge in [-0.1, -0.05) is 12.1 Å². The molecule has 4 nitrogen and oxygen atoms in total. The summed E-state index contributed by atoms with van der Waals surface area (Å²) in [6.45, 7) is 1.74. The second kappa shape index (κ2) is 4.96. The number of benzene rings is 1. The van der Waals surface area contributed by atoms with E-state index in [4.69, 9.17) is 14.2 Å². The Balaban J connectivity index is 1.72. The van der Waals surface area contributed by atoms with Crippen LogP contribution in [0, 0.1) is 0 Å². The van der Waals surface area contributed by atoms with E-state index in [-0.39, 0.29) is 12.1 Å². The molecular weight excluding hydrogens is 244 g/mol. The Hall–Kier alpha value is -1.97. The molecule has 0 N–H and O–H groups in total. The molecule has 0 aromatic heterocycles. The van der Waals surface area contributed by atoms with Gasteiger partial charge >= 0.3 is 5.97 Å². The molecule has 0 fully saturated rings. The zero-order chi connectivity index (χ0) is 13.2. The summed E-state index contributed by atoms with van der Waals surface area (Å²) in [4.78, 5) is 10.9. The second-order valence-electron chi connectivity index (χ2n) is 4.83. The van der Waals surface area contributed by atoms with Crippen LogP contribution >= 0.6 is 0 Å². The van der Waals surface area contributed by atoms with Gasteiger partial charge in [0.2, 0.25) is 6.79 Å². The first-order valence-corrected chi connectivity index (χ1v) is 6.47. The van der Waals surface area contributed by atoms with Gasteiger partial charge < -0.3 is 14.2 Å². The van der Waals surface area contributed by atoms with E-state index in [9.17, 15) is 4.79 Å². The summed E-state index contributed by atoms with van der Waals surface area (Å²) in [7, 11) is 0. The lowest BCUT2D eigenvalue weighted by atomic mass is 9.88. The predicted octanol–water partition coefficient (Wildman–Crippen LogP) is 2.78. The number of esters is 1. The van der Waals surface area contributed by atoms with Gasteiger partial charge in [0.25, 0.3) is 0 Å². The minimum absolute atomic E-state index is 0.0808. The quantitative estimate of drug-likeness (QED) is 0.606. The Kier molecular flexibility index (Phi) is 3.15. The van der Waals surface area contributed by atoms with Crippen molar-refractivity contribution in [3.63, 3.8) is 0 Å². The lowest BCUT2D eigenvalue weighted by Gasteiger charge is -2.23. The summed E-state index contributed by atoms with van der Waals surface area (Å²) in [5.74, 6) is 1.74. The van der Waals surface area contributed by atoms with E-state index in [1.807, 2.05) is 18.2 Å². The molecule has 2 atom stereocenters. The number of rotatable bonds is 2. The van der Waals surface area contributed by atoms with Crippen LogP contribution in [-0.2, 0) is 9.53 Å². The molecule has 0 spiro atoms. The zero-order valence-electron chi connectivity index (χ0n) is 10.8. The van der Waals surface area contributed by atoms with Gasteiger partial charge in [-0.25, -0.2) is 0 Å². The van der Waals surface area contributed by atoms with Crippen molar-refractivity contribution in [3.8, 4) is 11.5 Å². The molecule has 0 radical (unpaired) electrons. The largest absolute Gasteiger partial charge is 0.458 e. The first-order valence-electron chi connectivity index (χ1n) is 6.47. The van der Waals surface area contributed by atoms with Gasteiger partial charge in [-0.05, 0) is 36.6 Å². The maximum Gasteiger partial charge on any atom is 0.303 e. The Bertz CT molecular complexity index is 521. The number of hydrogen-bond acceptors (Lipinski definition) is 4. The molecule has 100 valence electrons. The molecule has 0 saturated carbocycles. The Morgan fingerprint density at radius 2 is 2.05 bits per heavy atom. The van der Waals surface area contributed by atoms with Crippen LogP contribution in [0.1, 0.15) is 31.2 Å². The fraction of sp³-hybridized carbons (Fsp3) is 0.400. The van der Waals surface area contributed by atoms with E-state index < -0.39 is 0 Å². The van der Waals surface area contributed by atoms with Crippen molar-refractivity contribution in [2.45, 2.75) is 31.8 Å². The van der Waals surface area contributed by atoms with Crippen LogP contribution in [0.2, 0.25) is 0 Å². The van der Waals surface area contributed by atoms with Crippen LogP contribution in [0.25, 0.3) is 0 Å². The van der Waals surface area contributed by atoms with Gasteiger partial charge in [-0.3, -0.25) is 4.79 Å². The smallest absolute Gasteiger partial charge is 0.303 e. The number of carbonyl (C=O) groups is 1. The summed E-state index contributed by atoms with van der Waals surface area (Å²) >= 11 is 0. The van der Waals surface area contributed by atoms with Crippen molar-refractivity contribution in [1.82, 2.24) is 0 Å². The number of carbonyl (C=O) groups excluding carboxylic acids is 1. The molecule has 4 heteroatoms. The zero-order valence-corrected chi connectivity index (χ0v) is 10.8. The molecule has 1 aromatic carbocycles. The van der Waals surface area contributed by atoms with Crippen LogP contribution in [0.3, 0.4) is 0 Å². The molecule has 1 aliphatic heterocycles. The highest BCUT2D eigenvalue weighted by Crippen LogP contribution is 2.37. The first kappa shape index (κ1) is 12.1. The van der Waals surface area contributed by atoms with E-state index in [2.05, 4.69) is 12.1 Å². The minimum Gasteiger partial charge on any atom is -0.458 e. The molecule has 1 aliphatic carbocycles. The Labute approximate surface area is 112 Å². The van der Waals surface area contributed by atoms with Crippen molar-refractivity contribution < 1.29 is 19.0 Å². The second-order valence-corrected chi connectivity index (χ2v) is 4.83. The highest BCUT2D eigenvalue weighted by Gasteiger charge is 2.21.